The summed E-state index contributed by atoms with van der Waals surface area (Å²) in [5, 5.41) is 0. The summed E-state index contributed by atoms with van der Waals surface area (Å²) in [4.78, 5) is 14.7. The molecule has 1 amide bonds. The number of carbonyl (C=O) groups is 1. The first-order valence-corrected chi connectivity index (χ1v) is 6.85. The predicted molar refractivity (Wildman–Crippen MR) is 82.0 cm³/mol. The second-order valence-electron chi connectivity index (χ2n) is 5.49. The Balaban J connectivity index is 2.02. The van der Waals surface area contributed by atoms with Gasteiger partial charge in [-0.15, -0.1) is 0 Å². The highest BCUT2D eigenvalue weighted by atomic mass is 16.2. The summed E-state index contributed by atoms with van der Waals surface area (Å²) in [5.41, 5.74) is 10.4. The maximum atomic E-state index is 12.8. The highest BCUT2D eigenvalue weighted by Gasteiger charge is 2.31. The molecule has 0 aliphatic carbocycles. The maximum Gasteiger partial charge on any atom is 0.258 e. The molecule has 0 saturated carbocycles. The lowest BCUT2D eigenvalue weighted by atomic mass is 10.1. The molecule has 0 bridgehead atoms. The van der Waals surface area contributed by atoms with Crippen LogP contribution in [0, 0.1) is 6.92 Å². The summed E-state index contributed by atoms with van der Waals surface area (Å²) in [5.74, 6) is 0.0258. The van der Waals surface area contributed by atoms with E-state index in [1.807, 2.05) is 42.2 Å². The molecular formula is C17H18N2O. The van der Waals surface area contributed by atoms with Crippen LogP contribution < -0.4 is 10.6 Å². The van der Waals surface area contributed by atoms with Gasteiger partial charge in [0.1, 0.15) is 0 Å². The van der Waals surface area contributed by atoms with Gasteiger partial charge in [-0.2, -0.15) is 0 Å². The maximum absolute atomic E-state index is 12.8. The summed E-state index contributed by atoms with van der Waals surface area (Å²) in [6.07, 6.45) is 0.906. The first kappa shape index (κ1) is 12.7. The number of carbonyl (C=O) groups excluding carboxylic acids is 1. The van der Waals surface area contributed by atoms with Crippen LogP contribution in [-0.4, -0.2) is 11.9 Å². The SMILES string of the molecule is Cc1cc(N)cc(C(=O)N2c3ccccc3CC2C)c1. The van der Waals surface area contributed by atoms with E-state index in [-0.39, 0.29) is 11.9 Å². The highest BCUT2D eigenvalue weighted by Crippen LogP contribution is 2.33. The summed E-state index contributed by atoms with van der Waals surface area (Å²) in [6.45, 7) is 4.03. The number of nitrogen functional groups attached to an aromatic ring is 1. The lowest BCUT2D eigenvalue weighted by molar-refractivity contribution is 0.0981. The molecule has 2 aromatic rings. The summed E-state index contributed by atoms with van der Waals surface area (Å²) in [6, 6.07) is 13.8. The van der Waals surface area contributed by atoms with Gasteiger partial charge in [0, 0.05) is 23.0 Å². The van der Waals surface area contributed by atoms with Crippen molar-refractivity contribution in [2.75, 3.05) is 10.6 Å². The normalized spacial score (nSPS) is 17.1. The van der Waals surface area contributed by atoms with Crippen molar-refractivity contribution in [3.63, 3.8) is 0 Å². The van der Waals surface area contributed by atoms with Crippen molar-refractivity contribution in [1.82, 2.24) is 0 Å². The van der Waals surface area contributed by atoms with Crippen LogP contribution in [0.1, 0.15) is 28.4 Å². The lowest BCUT2D eigenvalue weighted by Crippen LogP contribution is -2.35. The standard InChI is InChI=1S/C17H18N2O/c1-11-7-14(10-15(18)8-11)17(20)19-12(2)9-13-5-3-4-6-16(13)19/h3-8,10,12H,9,18H2,1-2H3. The van der Waals surface area contributed by atoms with E-state index in [1.54, 1.807) is 6.07 Å². The molecule has 0 spiro atoms. The van der Waals surface area contributed by atoms with E-state index in [9.17, 15) is 4.79 Å². The smallest absolute Gasteiger partial charge is 0.258 e. The molecule has 0 radical (unpaired) electrons. The van der Waals surface area contributed by atoms with Crippen molar-refractivity contribution in [2.45, 2.75) is 26.3 Å². The topological polar surface area (TPSA) is 46.3 Å². The van der Waals surface area contributed by atoms with E-state index in [0.717, 1.165) is 17.7 Å². The van der Waals surface area contributed by atoms with Gasteiger partial charge in [0.2, 0.25) is 0 Å². The van der Waals surface area contributed by atoms with Crippen LogP contribution in [0.15, 0.2) is 42.5 Å². The van der Waals surface area contributed by atoms with Gasteiger partial charge in [-0.25, -0.2) is 0 Å². The van der Waals surface area contributed by atoms with E-state index in [0.29, 0.717) is 11.3 Å². The van der Waals surface area contributed by atoms with Crippen LogP contribution in [0.5, 0.6) is 0 Å². The molecule has 1 unspecified atom stereocenters. The Kier molecular flexibility index (Phi) is 2.97. The first-order chi connectivity index (χ1) is 9.56. The number of hydrogen-bond acceptors (Lipinski definition) is 2. The number of rotatable bonds is 1. The number of aryl methyl sites for hydroxylation is 1. The number of fused-ring (bicyclic) bond motifs is 1. The molecule has 3 nitrogen and oxygen atoms in total. The minimum atomic E-state index is 0.0258. The van der Waals surface area contributed by atoms with Gasteiger partial charge in [-0.05, 0) is 55.7 Å². The fourth-order valence-electron chi connectivity index (χ4n) is 2.95. The third kappa shape index (κ3) is 2.05. The quantitative estimate of drug-likeness (QED) is 0.806. The molecule has 3 rings (SSSR count). The molecule has 1 aliphatic heterocycles. The van der Waals surface area contributed by atoms with Gasteiger partial charge in [0.25, 0.3) is 5.91 Å². The fourth-order valence-corrected chi connectivity index (χ4v) is 2.95. The molecule has 1 atom stereocenters. The molecule has 20 heavy (non-hydrogen) atoms. The third-order valence-electron chi connectivity index (χ3n) is 3.77. The van der Waals surface area contributed by atoms with Crippen molar-refractivity contribution in [2.24, 2.45) is 0 Å². The zero-order chi connectivity index (χ0) is 14.3. The molecule has 3 heteroatoms. The number of para-hydroxylation sites is 1. The molecular weight excluding hydrogens is 248 g/mol. The van der Waals surface area contributed by atoms with Crippen molar-refractivity contribution in [3.8, 4) is 0 Å². The molecule has 0 fully saturated rings. The second-order valence-corrected chi connectivity index (χ2v) is 5.49. The monoisotopic (exact) mass is 266 g/mol. The van der Waals surface area contributed by atoms with Crippen molar-refractivity contribution in [1.29, 1.82) is 0 Å². The van der Waals surface area contributed by atoms with Crippen molar-refractivity contribution in [3.05, 3.63) is 59.2 Å². The number of amides is 1. The minimum absolute atomic E-state index is 0.0258. The first-order valence-electron chi connectivity index (χ1n) is 6.85. The number of nitrogens with zero attached hydrogens (tertiary/aromatic N) is 1. The zero-order valence-electron chi connectivity index (χ0n) is 11.8. The number of anilines is 2. The number of hydrogen-bond donors (Lipinski definition) is 1. The Morgan fingerprint density at radius 3 is 2.75 bits per heavy atom. The van der Waals surface area contributed by atoms with Gasteiger partial charge in [-0.1, -0.05) is 18.2 Å². The van der Waals surface area contributed by atoms with Crippen LogP contribution in [0.25, 0.3) is 0 Å². The van der Waals surface area contributed by atoms with Crippen molar-refractivity contribution >= 4 is 17.3 Å². The van der Waals surface area contributed by atoms with E-state index >= 15 is 0 Å². The van der Waals surface area contributed by atoms with E-state index in [2.05, 4.69) is 13.0 Å². The Morgan fingerprint density at radius 2 is 2.00 bits per heavy atom. The van der Waals surface area contributed by atoms with Crippen LogP contribution in [0.3, 0.4) is 0 Å². The largest absolute Gasteiger partial charge is 0.399 e. The van der Waals surface area contributed by atoms with Gasteiger partial charge < -0.3 is 10.6 Å². The molecule has 102 valence electrons. The number of benzene rings is 2. The van der Waals surface area contributed by atoms with E-state index in [4.69, 9.17) is 5.73 Å². The summed E-state index contributed by atoms with van der Waals surface area (Å²) >= 11 is 0. The number of nitrogens with two attached hydrogens (primary N) is 1. The molecule has 1 aliphatic rings. The predicted octanol–water partition coefficient (Wildman–Crippen LogP) is 3.17. The zero-order valence-corrected chi connectivity index (χ0v) is 11.8. The van der Waals surface area contributed by atoms with E-state index < -0.39 is 0 Å². The summed E-state index contributed by atoms with van der Waals surface area (Å²) in [7, 11) is 0. The highest BCUT2D eigenvalue weighted by molar-refractivity contribution is 6.08. The minimum Gasteiger partial charge on any atom is -0.399 e. The van der Waals surface area contributed by atoms with Crippen molar-refractivity contribution < 1.29 is 4.79 Å². The lowest BCUT2D eigenvalue weighted by Gasteiger charge is -2.23. The van der Waals surface area contributed by atoms with Crippen LogP contribution >= 0.6 is 0 Å². The van der Waals surface area contributed by atoms with Crippen LogP contribution in [0.4, 0.5) is 11.4 Å². The summed E-state index contributed by atoms with van der Waals surface area (Å²) < 4.78 is 0. The van der Waals surface area contributed by atoms with Gasteiger partial charge in [0.15, 0.2) is 0 Å². The average molecular weight is 266 g/mol. The third-order valence-corrected chi connectivity index (χ3v) is 3.77. The molecule has 2 N–H and O–H groups in total. The Morgan fingerprint density at radius 1 is 1.25 bits per heavy atom. The van der Waals surface area contributed by atoms with Crippen LogP contribution in [-0.2, 0) is 6.42 Å². The Bertz CT molecular complexity index is 658. The Hall–Kier alpha value is -2.29. The second kappa shape index (κ2) is 4.67. The fraction of sp³-hybridized carbons (Fsp3) is 0.235. The molecule has 2 aromatic carbocycles. The average Bonchev–Trinajstić information content (AvgIpc) is 2.72. The van der Waals surface area contributed by atoms with Gasteiger partial charge in [0.05, 0.1) is 0 Å². The molecule has 1 heterocycles. The Labute approximate surface area is 119 Å². The van der Waals surface area contributed by atoms with E-state index in [1.165, 1.54) is 5.56 Å². The molecule has 0 aromatic heterocycles. The van der Waals surface area contributed by atoms with Gasteiger partial charge >= 0.3 is 0 Å². The van der Waals surface area contributed by atoms with Gasteiger partial charge in [-0.3, -0.25) is 4.79 Å². The molecule has 0 saturated heterocycles. The van der Waals surface area contributed by atoms with Crippen LogP contribution in [0.2, 0.25) is 0 Å².